The van der Waals surface area contributed by atoms with Gasteiger partial charge in [0.2, 0.25) is 0 Å². The maximum absolute atomic E-state index is 4.64. The lowest BCUT2D eigenvalue weighted by atomic mass is 9.73. The van der Waals surface area contributed by atoms with E-state index in [0.717, 1.165) is 36.0 Å². The predicted molar refractivity (Wildman–Crippen MR) is 89.9 cm³/mol. The molecule has 0 aromatic carbocycles. The third kappa shape index (κ3) is 3.86. The normalized spacial score (nSPS) is 21.1. The Morgan fingerprint density at radius 1 is 1.14 bits per heavy atom. The summed E-state index contributed by atoms with van der Waals surface area (Å²) in [6, 6.07) is 0.498. The molecule has 0 aliphatic heterocycles. The minimum absolute atomic E-state index is 0.334. The van der Waals surface area contributed by atoms with E-state index in [1.807, 2.05) is 6.92 Å². The Balaban J connectivity index is 2.20. The van der Waals surface area contributed by atoms with Crippen molar-refractivity contribution in [2.24, 2.45) is 5.41 Å². The first-order valence-corrected chi connectivity index (χ1v) is 8.29. The van der Waals surface area contributed by atoms with Crippen molar-refractivity contribution in [3.05, 3.63) is 11.4 Å². The molecule has 1 fully saturated rings. The van der Waals surface area contributed by atoms with E-state index in [0.29, 0.717) is 11.5 Å². The third-order valence-corrected chi connectivity index (χ3v) is 4.62. The zero-order valence-corrected chi connectivity index (χ0v) is 14.2. The molecule has 1 aliphatic carbocycles. The van der Waals surface area contributed by atoms with Crippen molar-refractivity contribution in [3.8, 4) is 0 Å². The largest absolute Gasteiger partial charge is 0.370 e. The van der Waals surface area contributed by atoms with Gasteiger partial charge in [0, 0.05) is 18.2 Å². The molecule has 118 valence electrons. The highest BCUT2D eigenvalue weighted by Crippen LogP contribution is 2.37. The van der Waals surface area contributed by atoms with Crippen molar-refractivity contribution in [2.45, 2.75) is 72.8 Å². The topological polar surface area (TPSA) is 49.8 Å². The SMILES string of the molecule is CCCNc1nc(C)nc(NC2CCCCC2(C)C)c1C. The number of nitrogens with zero attached hydrogens (tertiary/aromatic N) is 2. The Hall–Kier alpha value is -1.32. The number of anilines is 2. The molecule has 0 radical (unpaired) electrons. The second kappa shape index (κ2) is 6.63. The highest BCUT2D eigenvalue weighted by atomic mass is 15.1. The summed E-state index contributed by atoms with van der Waals surface area (Å²) < 4.78 is 0. The Labute approximate surface area is 129 Å². The van der Waals surface area contributed by atoms with Crippen molar-refractivity contribution in [3.63, 3.8) is 0 Å². The maximum atomic E-state index is 4.64. The van der Waals surface area contributed by atoms with Gasteiger partial charge in [-0.1, -0.05) is 33.6 Å². The number of hydrogen-bond donors (Lipinski definition) is 2. The lowest BCUT2D eigenvalue weighted by Crippen LogP contribution is -2.39. The summed E-state index contributed by atoms with van der Waals surface area (Å²) in [5.41, 5.74) is 1.47. The van der Waals surface area contributed by atoms with Crippen LogP contribution in [0, 0.1) is 19.3 Å². The summed E-state index contributed by atoms with van der Waals surface area (Å²) in [6.45, 7) is 11.9. The monoisotopic (exact) mass is 290 g/mol. The molecule has 2 rings (SSSR count). The van der Waals surface area contributed by atoms with Crippen LogP contribution < -0.4 is 10.6 Å². The lowest BCUT2D eigenvalue weighted by Gasteiger charge is -2.39. The lowest BCUT2D eigenvalue weighted by molar-refractivity contribution is 0.216. The van der Waals surface area contributed by atoms with E-state index in [1.165, 1.54) is 25.7 Å². The quantitative estimate of drug-likeness (QED) is 0.849. The van der Waals surface area contributed by atoms with Crippen LogP contribution in [0.1, 0.15) is 64.3 Å². The summed E-state index contributed by atoms with van der Waals surface area (Å²) in [6.07, 6.45) is 6.27. The number of nitrogens with one attached hydrogen (secondary N) is 2. The number of aryl methyl sites for hydroxylation is 1. The fourth-order valence-electron chi connectivity index (χ4n) is 3.11. The first-order chi connectivity index (χ1) is 9.94. The summed E-state index contributed by atoms with van der Waals surface area (Å²) in [5, 5.41) is 7.12. The van der Waals surface area contributed by atoms with Crippen molar-refractivity contribution >= 4 is 11.6 Å². The minimum Gasteiger partial charge on any atom is -0.370 e. The molecular formula is C17H30N4. The van der Waals surface area contributed by atoms with Crippen LogP contribution in [0.15, 0.2) is 0 Å². The van der Waals surface area contributed by atoms with Gasteiger partial charge in [-0.15, -0.1) is 0 Å². The van der Waals surface area contributed by atoms with Gasteiger partial charge in [-0.25, -0.2) is 9.97 Å². The number of aromatic nitrogens is 2. The predicted octanol–water partition coefficient (Wildman–Crippen LogP) is 4.30. The molecule has 1 atom stereocenters. The van der Waals surface area contributed by atoms with Crippen LogP contribution >= 0.6 is 0 Å². The van der Waals surface area contributed by atoms with E-state index in [2.05, 4.69) is 48.3 Å². The average molecular weight is 290 g/mol. The van der Waals surface area contributed by atoms with E-state index >= 15 is 0 Å². The van der Waals surface area contributed by atoms with E-state index in [9.17, 15) is 0 Å². The summed E-state index contributed by atoms with van der Waals surface area (Å²) in [5.74, 6) is 2.80. The van der Waals surface area contributed by atoms with Crippen molar-refractivity contribution in [1.82, 2.24) is 9.97 Å². The Morgan fingerprint density at radius 2 is 1.86 bits per heavy atom. The van der Waals surface area contributed by atoms with Crippen LogP contribution in [-0.2, 0) is 0 Å². The van der Waals surface area contributed by atoms with Gasteiger partial charge < -0.3 is 10.6 Å². The van der Waals surface area contributed by atoms with Crippen LogP contribution in [0.3, 0.4) is 0 Å². The molecule has 1 aromatic heterocycles. The third-order valence-electron chi connectivity index (χ3n) is 4.62. The molecule has 0 bridgehead atoms. The number of hydrogen-bond acceptors (Lipinski definition) is 4. The van der Waals surface area contributed by atoms with Crippen molar-refractivity contribution < 1.29 is 0 Å². The molecule has 0 saturated heterocycles. The van der Waals surface area contributed by atoms with Gasteiger partial charge in [0.25, 0.3) is 0 Å². The van der Waals surface area contributed by atoms with Crippen molar-refractivity contribution in [1.29, 1.82) is 0 Å². The molecule has 1 heterocycles. The van der Waals surface area contributed by atoms with Gasteiger partial charge in [0.05, 0.1) is 0 Å². The highest BCUT2D eigenvalue weighted by Gasteiger charge is 2.32. The Kier molecular flexibility index (Phi) is 5.07. The van der Waals surface area contributed by atoms with Crippen LogP contribution in [0.5, 0.6) is 0 Å². The van der Waals surface area contributed by atoms with Crippen molar-refractivity contribution in [2.75, 3.05) is 17.2 Å². The molecular weight excluding hydrogens is 260 g/mol. The molecule has 4 nitrogen and oxygen atoms in total. The average Bonchev–Trinajstić information content (AvgIpc) is 2.43. The summed E-state index contributed by atoms with van der Waals surface area (Å²) >= 11 is 0. The van der Waals surface area contributed by atoms with Gasteiger partial charge in [-0.05, 0) is 38.5 Å². The molecule has 1 aliphatic rings. The van der Waals surface area contributed by atoms with Gasteiger partial charge >= 0.3 is 0 Å². The maximum Gasteiger partial charge on any atom is 0.134 e. The fourth-order valence-corrected chi connectivity index (χ4v) is 3.11. The zero-order chi connectivity index (χ0) is 15.5. The van der Waals surface area contributed by atoms with Gasteiger partial charge in [0.15, 0.2) is 0 Å². The molecule has 0 amide bonds. The second-order valence-corrected chi connectivity index (χ2v) is 6.95. The first-order valence-electron chi connectivity index (χ1n) is 8.29. The van der Waals surface area contributed by atoms with Crippen LogP contribution in [0.2, 0.25) is 0 Å². The zero-order valence-electron chi connectivity index (χ0n) is 14.2. The molecule has 1 aromatic rings. The molecule has 21 heavy (non-hydrogen) atoms. The molecule has 2 N–H and O–H groups in total. The van der Waals surface area contributed by atoms with E-state index < -0.39 is 0 Å². The van der Waals surface area contributed by atoms with Crippen LogP contribution in [0.25, 0.3) is 0 Å². The van der Waals surface area contributed by atoms with Gasteiger partial charge in [0.1, 0.15) is 17.5 Å². The summed E-state index contributed by atoms with van der Waals surface area (Å²) in [4.78, 5) is 9.18. The van der Waals surface area contributed by atoms with E-state index in [1.54, 1.807) is 0 Å². The minimum atomic E-state index is 0.334. The van der Waals surface area contributed by atoms with Gasteiger partial charge in [-0.3, -0.25) is 0 Å². The molecule has 0 spiro atoms. The smallest absolute Gasteiger partial charge is 0.134 e. The van der Waals surface area contributed by atoms with E-state index in [4.69, 9.17) is 0 Å². The van der Waals surface area contributed by atoms with E-state index in [-0.39, 0.29) is 0 Å². The van der Waals surface area contributed by atoms with Gasteiger partial charge in [-0.2, -0.15) is 0 Å². The highest BCUT2D eigenvalue weighted by molar-refractivity contribution is 5.57. The number of rotatable bonds is 5. The first kappa shape index (κ1) is 16.1. The molecule has 1 saturated carbocycles. The summed E-state index contributed by atoms with van der Waals surface area (Å²) in [7, 11) is 0. The fraction of sp³-hybridized carbons (Fsp3) is 0.765. The second-order valence-electron chi connectivity index (χ2n) is 6.95. The standard InChI is InChI=1S/C17H30N4/c1-6-11-18-15-12(2)16(20-13(3)19-15)21-14-9-7-8-10-17(14,4)5/h14H,6-11H2,1-5H3,(H2,18,19,20,21). The Morgan fingerprint density at radius 3 is 2.52 bits per heavy atom. The van der Waals surface area contributed by atoms with Crippen LogP contribution in [0.4, 0.5) is 11.6 Å². The molecule has 4 heteroatoms. The Bertz CT molecular complexity index is 482. The molecule has 1 unspecified atom stereocenters. The van der Waals surface area contributed by atoms with Crippen LogP contribution in [-0.4, -0.2) is 22.6 Å².